The fraction of sp³-hybridized carbons (Fsp3) is 0.500. The Bertz CT molecular complexity index is 388. The van der Waals surface area contributed by atoms with E-state index in [1.807, 2.05) is 12.1 Å². The zero-order valence-electron chi connectivity index (χ0n) is 10.6. The van der Waals surface area contributed by atoms with Crippen LogP contribution in [0.25, 0.3) is 0 Å². The van der Waals surface area contributed by atoms with E-state index in [9.17, 15) is 26.3 Å². The van der Waals surface area contributed by atoms with Crippen LogP contribution < -0.4 is 0 Å². The van der Waals surface area contributed by atoms with Crippen molar-refractivity contribution in [3.05, 3.63) is 28.7 Å². The van der Waals surface area contributed by atoms with Crippen molar-refractivity contribution in [2.75, 3.05) is 11.1 Å². The van der Waals surface area contributed by atoms with E-state index < -0.39 is 25.2 Å². The normalized spacial score (nSPS) is 11.8. The van der Waals surface area contributed by atoms with Crippen molar-refractivity contribution in [1.29, 1.82) is 0 Å². The standard InChI is InChI=1S/C9H8BrF3S.C3H4BrF3/c10-7-1-3-8(4-2-7)14-6-5-9(11,12)13;4-2-1-3(5,6)7/h1-4H,5-6H2;1-2H2. The van der Waals surface area contributed by atoms with E-state index >= 15 is 0 Å². The second-order valence-corrected chi connectivity index (χ2v) is 6.60. The minimum absolute atomic E-state index is 0.00347. The number of hydrogen-bond acceptors (Lipinski definition) is 1. The molecule has 0 spiro atoms. The van der Waals surface area contributed by atoms with Crippen molar-refractivity contribution >= 4 is 43.6 Å². The lowest BCUT2D eigenvalue weighted by Gasteiger charge is -2.05. The molecule has 0 aliphatic carbocycles. The van der Waals surface area contributed by atoms with Gasteiger partial charge in [0, 0.05) is 20.5 Å². The van der Waals surface area contributed by atoms with Gasteiger partial charge < -0.3 is 0 Å². The van der Waals surface area contributed by atoms with Gasteiger partial charge in [-0.25, -0.2) is 0 Å². The second-order valence-electron chi connectivity index (χ2n) is 3.72. The van der Waals surface area contributed by atoms with Gasteiger partial charge in [0.2, 0.25) is 0 Å². The molecule has 0 heterocycles. The van der Waals surface area contributed by atoms with Gasteiger partial charge in [0.25, 0.3) is 0 Å². The van der Waals surface area contributed by atoms with Crippen LogP contribution in [0.5, 0.6) is 0 Å². The lowest BCUT2D eigenvalue weighted by Crippen LogP contribution is -2.07. The van der Waals surface area contributed by atoms with Crippen molar-refractivity contribution in [2.45, 2.75) is 30.1 Å². The molecule has 1 rings (SSSR count). The largest absolute Gasteiger partial charge is 0.389 e. The maximum Gasteiger partial charge on any atom is 0.389 e. The van der Waals surface area contributed by atoms with Crippen LogP contribution in [0.15, 0.2) is 33.6 Å². The van der Waals surface area contributed by atoms with Crippen LogP contribution in [0.2, 0.25) is 0 Å². The van der Waals surface area contributed by atoms with Gasteiger partial charge >= 0.3 is 12.4 Å². The number of benzene rings is 1. The van der Waals surface area contributed by atoms with Gasteiger partial charge in [-0.2, -0.15) is 26.3 Å². The molecular weight excluding hydrogens is 450 g/mol. The Balaban J connectivity index is 0.000000486. The van der Waals surface area contributed by atoms with Crippen LogP contribution in [-0.2, 0) is 0 Å². The van der Waals surface area contributed by atoms with E-state index in [1.165, 1.54) is 11.8 Å². The summed E-state index contributed by atoms with van der Waals surface area (Å²) in [6, 6.07) is 7.22. The molecule has 0 saturated heterocycles. The molecule has 9 heteroatoms. The average molecular weight is 462 g/mol. The predicted octanol–water partition coefficient (Wildman–Crippen LogP) is 6.83. The minimum atomic E-state index is -4.05. The molecule has 0 aliphatic heterocycles. The summed E-state index contributed by atoms with van der Waals surface area (Å²) in [7, 11) is 0. The molecular formula is C12H12Br2F6S. The zero-order valence-corrected chi connectivity index (χ0v) is 14.6. The minimum Gasteiger partial charge on any atom is -0.171 e. The predicted molar refractivity (Wildman–Crippen MR) is 80.0 cm³/mol. The van der Waals surface area contributed by atoms with Crippen LogP contribution in [0.1, 0.15) is 12.8 Å². The number of halogens is 8. The summed E-state index contributed by atoms with van der Waals surface area (Å²) in [5.41, 5.74) is 0. The van der Waals surface area contributed by atoms with Crippen LogP contribution in [0.3, 0.4) is 0 Å². The molecule has 0 amide bonds. The van der Waals surface area contributed by atoms with E-state index in [2.05, 4.69) is 31.9 Å². The molecule has 21 heavy (non-hydrogen) atoms. The van der Waals surface area contributed by atoms with Gasteiger partial charge in [-0.05, 0) is 24.3 Å². The van der Waals surface area contributed by atoms with E-state index in [-0.39, 0.29) is 11.1 Å². The van der Waals surface area contributed by atoms with Crippen LogP contribution in [0, 0.1) is 0 Å². The van der Waals surface area contributed by atoms with Gasteiger partial charge in [-0.15, -0.1) is 11.8 Å². The van der Waals surface area contributed by atoms with Crippen molar-refractivity contribution in [3.63, 3.8) is 0 Å². The molecule has 1 aromatic rings. The first-order valence-corrected chi connectivity index (χ1v) is 8.51. The third-order valence-corrected chi connectivity index (χ3v) is 3.78. The molecule has 122 valence electrons. The summed E-state index contributed by atoms with van der Waals surface area (Å²) >= 11 is 7.14. The monoisotopic (exact) mass is 460 g/mol. The van der Waals surface area contributed by atoms with Crippen molar-refractivity contribution in [2.24, 2.45) is 0 Å². The fourth-order valence-corrected chi connectivity index (χ4v) is 2.53. The van der Waals surface area contributed by atoms with E-state index in [4.69, 9.17) is 0 Å². The third-order valence-electron chi connectivity index (χ3n) is 1.85. The third kappa shape index (κ3) is 14.8. The van der Waals surface area contributed by atoms with Crippen LogP contribution in [0.4, 0.5) is 26.3 Å². The van der Waals surface area contributed by atoms with Crippen molar-refractivity contribution in [1.82, 2.24) is 0 Å². The lowest BCUT2D eigenvalue weighted by molar-refractivity contribution is -0.130. The Kier molecular flexibility index (Phi) is 10.0. The Morgan fingerprint density at radius 3 is 1.67 bits per heavy atom. The van der Waals surface area contributed by atoms with E-state index in [0.29, 0.717) is 0 Å². The van der Waals surface area contributed by atoms with Crippen LogP contribution >= 0.6 is 43.6 Å². The summed E-state index contributed by atoms with van der Waals surface area (Å²) < 4.78 is 69.4. The highest BCUT2D eigenvalue weighted by Crippen LogP contribution is 2.26. The molecule has 0 fully saturated rings. The molecule has 0 nitrogen and oxygen atoms in total. The highest BCUT2D eigenvalue weighted by Gasteiger charge is 2.26. The molecule has 0 N–H and O–H groups in total. The Hall–Kier alpha value is 0.110. The Labute approximate surface area is 139 Å². The Morgan fingerprint density at radius 1 is 0.857 bits per heavy atom. The number of rotatable bonds is 4. The van der Waals surface area contributed by atoms with Gasteiger partial charge in [0.15, 0.2) is 0 Å². The first kappa shape index (κ1) is 21.1. The molecule has 0 bridgehead atoms. The average Bonchev–Trinajstić information content (AvgIpc) is 2.29. The fourth-order valence-electron chi connectivity index (χ4n) is 0.923. The molecule has 0 unspecified atom stereocenters. The van der Waals surface area contributed by atoms with E-state index in [1.54, 1.807) is 12.1 Å². The highest BCUT2D eigenvalue weighted by molar-refractivity contribution is 9.10. The lowest BCUT2D eigenvalue weighted by atomic mass is 10.4. The molecule has 0 aliphatic rings. The second kappa shape index (κ2) is 9.99. The zero-order chi connectivity index (χ0) is 16.5. The number of hydrogen-bond donors (Lipinski definition) is 0. The van der Waals surface area contributed by atoms with Crippen LogP contribution in [-0.4, -0.2) is 23.4 Å². The number of thioether (sulfide) groups is 1. The molecule has 0 atom stereocenters. The quantitative estimate of drug-likeness (QED) is 0.269. The van der Waals surface area contributed by atoms with Gasteiger partial charge in [0.1, 0.15) is 0 Å². The topological polar surface area (TPSA) is 0 Å². The Morgan fingerprint density at radius 2 is 1.33 bits per heavy atom. The molecule has 0 radical (unpaired) electrons. The van der Waals surface area contributed by atoms with Gasteiger partial charge in [-0.3, -0.25) is 0 Å². The smallest absolute Gasteiger partial charge is 0.171 e. The summed E-state index contributed by atoms with van der Waals surface area (Å²) in [6.07, 6.45) is -9.54. The number of alkyl halides is 7. The van der Waals surface area contributed by atoms with Gasteiger partial charge in [0.05, 0.1) is 12.8 Å². The van der Waals surface area contributed by atoms with Crippen molar-refractivity contribution < 1.29 is 26.3 Å². The maximum atomic E-state index is 11.8. The first-order valence-electron chi connectivity index (χ1n) is 5.61. The summed E-state index contributed by atoms with van der Waals surface area (Å²) in [5, 5.41) is -0.00347. The summed E-state index contributed by atoms with van der Waals surface area (Å²) in [6.45, 7) is 0. The van der Waals surface area contributed by atoms with E-state index in [0.717, 1.165) is 9.37 Å². The first-order chi connectivity index (χ1) is 9.53. The van der Waals surface area contributed by atoms with Crippen molar-refractivity contribution in [3.8, 4) is 0 Å². The molecule has 0 aromatic heterocycles. The maximum absolute atomic E-state index is 11.8. The highest BCUT2D eigenvalue weighted by atomic mass is 79.9. The molecule has 0 saturated carbocycles. The summed E-state index contributed by atoms with van der Waals surface area (Å²) in [4.78, 5) is 0.859. The van der Waals surface area contributed by atoms with Gasteiger partial charge in [-0.1, -0.05) is 31.9 Å². The summed E-state index contributed by atoms with van der Waals surface area (Å²) in [5.74, 6) is 0.0745. The SMILES string of the molecule is FC(F)(F)CCBr.FC(F)(F)CCSc1ccc(Br)cc1. The molecule has 1 aromatic carbocycles.